The average molecular weight is 462 g/mol. The van der Waals surface area contributed by atoms with Gasteiger partial charge in [0.15, 0.2) is 5.96 Å². The molecule has 2 saturated heterocycles. The third-order valence-electron chi connectivity index (χ3n) is 7.18. The molecule has 1 atom stereocenters. The second-order valence-corrected chi connectivity index (χ2v) is 9.38. The zero-order chi connectivity index (χ0) is 23.9. The van der Waals surface area contributed by atoms with Crippen molar-refractivity contribution in [3.63, 3.8) is 0 Å². The van der Waals surface area contributed by atoms with E-state index < -0.39 is 6.04 Å². The summed E-state index contributed by atoms with van der Waals surface area (Å²) in [5, 5.41) is 10.7. The number of hydrogen-bond acceptors (Lipinski definition) is 3. The molecule has 0 bridgehead atoms. The summed E-state index contributed by atoms with van der Waals surface area (Å²) >= 11 is 0. The number of hydrogen-bond donors (Lipinski definition) is 3. The number of nitrogens with one attached hydrogen (secondary N) is 2. The Morgan fingerprint density at radius 1 is 0.941 bits per heavy atom. The topological polar surface area (TPSA) is 103 Å². The molecule has 180 valence electrons. The zero-order valence-corrected chi connectivity index (χ0v) is 19.7. The molecule has 0 aliphatic carbocycles. The van der Waals surface area contributed by atoms with Gasteiger partial charge >= 0.3 is 0 Å². The van der Waals surface area contributed by atoms with Gasteiger partial charge in [0.1, 0.15) is 6.04 Å². The third kappa shape index (κ3) is 5.76. The van der Waals surface area contributed by atoms with Gasteiger partial charge in [0.2, 0.25) is 11.8 Å². The molecule has 7 heteroatoms. The lowest BCUT2D eigenvalue weighted by atomic mass is 9.88. The summed E-state index contributed by atoms with van der Waals surface area (Å²) in [6.45, 7) is 2.75. The number of likely N-dealkylation sites (tertiary alicyclic amines) is 2. The third-order valence-corrected chi connectivity index (χ3v) is 7.18. The molecule has 4 N–H and O–H groups in total. The number of piperidine rings is 1. The van der Waals surface area contributed by atoms with Gasteiger partial charge < -0.3 is 20.9 Å². The molecule has 2 aromatic carbocycles. The van der Waals surface area contributed by atoms with E-state index in [-0.39, 0.29) is 23.7 Å². The van der Waals surface area contributed by atoms with Crippen LogP contribution >= 0.6 is 0 Å². The molecule has 7 nitrogen and oxygen atoms in total. The van der Waals surface area contributed by atoms with Crippen LogP contribution in [-0.4, -0.2) is 59.8 Å². The van der Waals surface area contributed by atoms with Crippen LogP contribution in [0.15, 0.2) is 60.7 Å². The summed E-state index contributed by atoms with van der Waals surface area (Å²) in [7, 11) is 0. The lowest BCUT2D eigenvalue weighted by Crippen LogP contribution is -2.48. The van der Waals surface area contributed by atoms with Crippen molar-refractivity contribution in [2.75, 3.05) is 26.2 Å². The molecule has 2 aromatic rings. The van der Waals surface area contributed by atoms with Crippen LogP contribution in [0.1, 0.15) is 49.1 Å². The van der Waals surface area contributed by atoms with Gasteiger partial charge in [0.05, 0.1) is 0 Å². The van der Waals surface area contributed by atoms with Crippen LogP contribution in [0.25, 0.3) is 0 Å². The first-order chi connectivity index (χ1) is 16.5. The molecule has 2 aliphatic rings. The van der Waals surface area contributed by atoms with E-state index in [1.807, 2.05) is 41.3 Å². The standard InChI is InChI=1S/C27H35N5O2/c28-27(29)31-16-13-20(14-17-31)19-30-26(34)24-12-7-15-32(24)25(33)18-23(21-8-3-1-4-9-21)22-10-5-2-6-11-22/h1-6,8-11,20,23-24H,7,12-19H2,(H3,28,29)(H,30,34). The maximum Gasteiger partial charge on any atom is 0.242 e. The van der Waals surface area contributed by atoms with Crippen molar-refractivity contribution in [2.24, 2.45) is 11.7 Å². The molecule has 0 aromatic heterocycles. The highest BCUT2D eigenvalue weighted by Gasteiger charge is 2.35. The fourth-order valence-corrected chi connectivity index (χ4v) is 5.17. The van der Waals surface area contributed by atoms with Crippen LogP contribution < -0.4 is 11.1 Å². The molecule has 34 heavy (non-hydrogen) atoms. The Morgan fingerprint density at radius 2 is 1.53 bits per heavy atom. The normalized spacial score (nSPS) is 18.8. The van der Waals surface area contributed by atoms with Crippen LogP contribution in [0.5, 0.6) is 0 Å². The number of amides is 2. The SMILES string of the molecule is N=C(N)N1CCC(CNC(=O)C2CCCN2C(=O)CC(c2ccccc2)c2ccccc2)CC1. The minimum atomic E-state index is -0.392. The molecule has 2 fully saturated rings. The predicted octanol–water partition coefficient (Wildman–Crippen LogP) is 2.92. The number of carbonyl (C=O) groups is 2. The molecule has 2 heterocycles. The first-order valence-corrected chi connectivity index (χ1v) is 12.3. The molecule has 4 rings (SSSR count). The fraction of sp³-hybridized carbons (Fsp3) is 0.444. The van der Waals surface area contributed by atoms with Crippen molar-refractivity contribution >= 4 is 17.8 Å². The van der Waals surface area contributed by atoms with Crippen molar-refractivity contribution in [1.82, 2.24) is 15.1 Å². The number of rotatable bonds is 7. The van der Waals surface area contributed by atoms with Gasteiger partial charge in [-0.2, -0.15) is 0 Å². The molecule has 0 saturated carbocycles. The second-order valence-electron chi connectivity index (χ2n) is 9.38. The molecule has 0 radical (unpaired) electrons. The first-order valence-electron chi connectivity index (χ1n) is 12.3. The smallest absolute Gasteiger partial charge is 0.242 e. The summed E-state index contributed by atoms with van der Waals surface area (Å²) in [6, 6.07) is 19.9. The first kappa shape index (κ1) is 23.8. The van der Waals surface area contributed by atoms with E-state index in [0.717, 1.165) is 43.5 Å². The molecule has 1 unspecified atom stereocenters. The molecule has 2 amide bonds. The van der Waals surface area contributed by atoms with E-state index in [1.165, 1.54) is 0 Å². The van der Waals surface area contributed by atoms with Crippen LogP contribution in [-0.2, 0) is 9.59 Å². The summed E-state index contributed by atoms with van der Waals surface area (Å²) in [5.74, 6) is 0.448. The molecule has 2 aliphatic heterocycles. The Labute approximate surface area is 201 Å². The van der Waals surface area contributed by atoms with Gasteiger partial charge in [-0.05, 0) is 42.7 Å². The van der Waals surface area contributed by atoms with E-state index in [1.54, 1.807) is 4.90 Å². The average Bonchev–Trinajstić information content (AvgIpc) is 3.37. The van der Waals surface area contributed by atoms with Gasteiger partial charge in [-0.15, -0.1) is 0 Å². The van der Waals surface area contributed by atoms with Crippen molar-refractivity contribution < 1.29 is 9.59 Å². The quantitative estimate of drug-likeness (QED) is 0.436. The van der Waals surface area contributed by atoms with Crippen molar-refractivity contribution in [3.8, 4) is 0 Å². The fourth-order valence-electron chi connectivity index (χ4n) is 5.17. The second kappa shape index (κ2) is 11.2. The highest BCUT2D eigenvalue weighted by Crippen LogP contribution is 2.30. The maximum absolute atomic E-state index is 13.4. The predicted molar refractivity (Wildman–Crippen MR) is 133 cm³/mol. The number of nitrogens with zero attached hydrogens (tertiary/aromatic N) is 2. The van der Waals surface area contributed by atoms with E-state index in [2.05, 4.69) is 29.6 Å². The van der Waals surface area contributed by atoms with Crippen molar-refractivity contribution in [3.05, 3.63) is 71.8 Å². The van der Waals surface area contributed by atoms with E-state index >= 15 is 0 Å². The lowest BCUT2D eigenvalue weighted by Gasteiger charge is -2.32. The van der Waals surface area contributed by atoms with Gasteiger partial charge in [-0.25, -0.2) is 0 Å². The summed E-state index contributed by atoms with van der Waals surface area (Å²) < 4.78 is 0. The summed E-state index contributed by atoms with van der Waals surface area (Å²) in [4.78, 5) is 30.1. The number of benzene rings is 2. The summed E-state index contributed by atoms with van der Waals surface area (Å²) in [5.41, 5.74) is 7.79. The van der Waals surface area contributed by atoms with Crippen molar-refractivity contribution in [2.45, 2.75) is 44.1 Å². The Morgan fingerprint density at radius 3 is 2.09 bits per heavy atom. The van der Waals surface area contributed by atoms with E-state index in [0.29, 0.717) is 31.8 Å². The molecular weight excluding hydrogens is 426 g/mol. The number of carbonyl (C=O) groups excluding carboxylic acids is 2. The molecule has 0 spiro atoms. The number of nitrogens with two attached hydrogens (primary N) is 1. The minimum absolute atomic E-state index is 0.0325. The van der Waals surface area contributed by atoms with Crippen LogP contribution in [0, 0.1) is 11.3 Å². The minimum Gasteiger partial charge on any atom is -0.370 e. The zero-order valence-electron chi connectivity index (χ0n) is 19.7. The maximum atomic E-state index is 13.4. The van der Waals surface area contributed by atoms with E-state index in [9.17, 15) is 9.59 Å². The lowest BCUT2D eigenvalue weighted by molar-refractivity contribution is -0.138. The van der Waals surface area contributed by atoms with Crippen molar-refractivity contribution in [1.29, 1.82) is 5.41 Å². The van der Waals surface area contributed by atoms with Gasteiger partial charge in [-0.1, -0.05) is 60.7 Å². The Balaban J connectivity index is 1.36. The van der Waals surface area contributed by atoms with E-state index in [4.69, 9.17) is 11.1 Å². The highest BCUT2D eigenvalue weighted by atomic mass is 16.2. The monoisotopic (exact) mass is 461 g/mol. The summed E-state index contributed by atoms with van der Waals surface area (Å²) in [6.07, 6.45) is 3.72. The number of guanidine groups is 1. The van der Waals surface area contributed by atoms with Crippen LogP contribution in [0.2, 0.25) is 0 Å². The van der Waals surface area contributed by atoms with Gasteiger partial charge in [-0.3, -0.25) is 15.0 Å². The molecular formula is C27H35N5O2. The largest absolute Gasteiger partial charge is 0.370 e. The van der Waals surface area contributed by atoms with Gasteiger partial charge in [0.25, 0.3) is 0 Å². The Hall–Kier alpha value is -3.35. The highest BCUT2D eigenvalue weighted by molar-refractivity contribution is 5.88. The van der Waals surface area contributed by atoms with Crippen LogP contribution in [0.3, 0.4) is 0 Å². The Kier molecular flexibility index (Phi) is 7.83. The Bertz CT molecular complexity index is 934. The van der Waals surface area contributed by atoms with Gasteiger partial charge in [0, 0.05) is 38.5 Å². The van der Waals surface area contributed by atoms with Crippen LogP contribution in [0.4, 0.5) is 0 Å².